The van der Waals surface area contributed by atoms with E-state index in [1.165, 1.54) is 14.2 Å². The van der Waals surface area contributed by atoms with Crippen LogP contribution in [0.3, 0.4) is 0 Å². The van der Waals surface area contributed by atoms with Gasteiger partial charge in [-0.15, -0.1) is 0 Å². The second-order valence-corrected chi connectivity index (χ2v) is 6.00. The molecule has 0 atom stereocenters. The topological polar surface area (TPSA) is 96.3 Å². The summed E-state index contributed by atoms with van der Waals surface area (Å²) in [6.07, 6.45) is 0.547. The Balaban J connectivity index is 3.13. The van der Waals surface area contributed by atoms with E-state index in [1.807, 2.05) is 0 Å². The third-order valence-electron chi connectivity index (χ3n) is 3.02. The molecule has 0 saturated heterocycles. The van der Waals surface area contributed by atoms with Crippen molar-refractivity contribution in [3.05, 3.63) is 17.7 Å². The minimum Gasteiger partial charge on any atom is -0.497 e. The van der Waals surface area contributed by atoms with Crippen molar-refractivity contribution >= 4 is 15.8 Å². The van der Waals surface area contributed by atoms with E-state index in [1.54, 1.807) is 19.1 Å². The highest BCUT2D eigenvalue weighted by atomic mass is 32.2. The van der Waals surface area contributed by atoms with Crippen LogP contribution in [0.5, 0.6) is 11.5 Å². The number of nitrogens with zero attached hydrogens (tertiary/aromatic N) is 1. The number of benzene rings is 1. The third-order valence-corrected chi connectivity index (χ3v) is 3.83. The van der Waals surface area contributed by atoms with Crippen molar-refractivity contribution in [1.82, 2.24) is 0 Å². The van der Waals surface area contributed by atoms with E-state index < -0.39 is 10.1 Å². The monoisotopic (exact) mass is 319 g/mol. The summed E-state index contributed by atoms with van der Waals surface area (Å²) < 4.78 is 40.8. The van der Waals surface area contributed by atoms with E-state index in [0.29, 0.717) is 35.7 Å². The van der Waals surface area contributed by atoms with Gasteiger partial charge in [-0.25, -0.2) is 0 Å². The standard InChI is InChI=1S/C13H21NO6S/c1-4-14(15)12-8-10(19-2)9-13(20-3)11(12)6-5-7-21(16,17)18/h8-9,15H,4-7H2,1-3H3,(H,16,17,18). The summed E-state index contributed by atoms with van der Waals surface area (Å²) in [5, 5.41) is 11.0. The van der Waals surface area contributed by atoms with Crippen molar-refractivity contribution in [2.45, 2.75) is 19.8 Å². The Morgan fingerprint density at radius 1 is 1.24 bits per heavy atom. The molecule has 0 aliphatic carbocycles. The summed E-state index contributed by atoms with van der Waals surface area (Å²) in [5.41, 5.74) is 1.15. The van der Waals surface area contributed by atoms with Crippen molar-refractivity contribution in [2.24, 2.45) is 0 Å². The van der Waals surface area contributed by atoms with Crippen LogP contribution in [-0.4, -0.2) is 44.7 Å². The number of anilines is 1. The van der Waals surface area contributed by atoms with Gasteiger partial charge in [0.05, 0.1) is 25.7 Å². The fourth-order valence-corrected chi connectivity index (χ4v) is 2.50. The molecule has 1 aromatic rings. The summed E-state index contributed by atoms with van der Waals surface area (Å²) in [4.78, 5) is 0. The SMILES string of the molecule is CCN(O)c1cc(OC)cc(OC)c1CCCS(=O)(=O)O. The number of ether oxygens (including phenoxy) is 2. The van der Waals surface area contributed by atoms with Gasteiger partial charge in [-0.2, -0.15) is 8.42 Å². The molecule has 21 heavy (non-hydrogen) atoms. The van der Waals surface area contributed by atoms with E-state index in [9.17, 15) is 13.6 Å². The van der Waals surface area contributed by atoms with Crippen molar-refractivity contribution in [3.8, 4) is 11.5 Å². The maximum Gasteiger partial charge on any atom is 0.264 e. The first kappa shape index (κ1) is 17.5. The lowest BCUT2D eigenvalue weighted by Gasteiger charge is -2.21. The van der Waals surface area contributed by atoms with Gasteiger partial charge < -0.3 is 9.47 Å². The van der Waals surface area contributed by atoms with Crippen molar-refractivity contribution in [3.63, 3.8) is 0 Å². The predicted octanol–water partition coefficient (Wildman–Crippen LogP) is 1.74. The fourth-order valence-electron chi connectivity index (χ4n) is 1.99. The van der Waals surface area contributed by atoms with Gasteiger partial charge in [-0.3, -0.25) is 14.8 Å². The molecule has 0 saturated carbocycles. The summed E-state index contributed by atoms with van der Waals surface area (Å²) in [6, 6.07) is 3.31. The molecule has 0 aliphatic rings. The summed E-state index contributed by atoms with van der Waals surface area (Å²) in [6.45, 7) is 2.12. The highest BCUT2D eigenvalue weighted by Crippen LogP contribution is 2.35. The Kier molecular flexibility index (Phi) is 6.25. The average Bonchev–Trinajstić information content (AvgIpc) is 2.44. The van der Waals surface area contributed by atoms with Crippen molar-refractivity contribution < 1.29 is 27.7 Å². The van der Waals surface area contributed by atoms with Crippen LogP contribution >= 0.6 is 0 Å². The molecule has 120 valence electrons. The smallest absolute Gasteiger partial charge is 0.264 e. The van der Waals surface area contributed by atoms with Gasteiger partial charge in [0.25, 0.3) is 10.1 Å². The van der Waals surface area contributed by atoms with E-state index in [0.717, 1.165) is 5.06 Å². The zero-order chi connectivity index (χ0) is 16.0. The molecule has 0 radical (unpaired) electrons. The first-order valence-electron chi connectivity index (χ1n) is 6.48. The van der Waals surface area contributed by atoms with Crippen LogP contribution in [0.25, 0.3) is 0 Å². The Morgan fingerprint density at radius 2 is 1.90 bits per heavy atom. The van der Waals surface area contributed by atoms with E-state index in [2.05, 4.69) is 0 Å². The average molecular weight is 319 g/mol. The molecule has 2 N–H and O–H groups in total. The van der Waals surface area contributed by atoms with Crippen molar-refractivity contribution in [1.29, 1.82) is 0 Å². The van der Waals surface area contributed by atoms with E-state index in [-0.39, 0.29) is 12.2 Å². The zero-order valence-electron chi connectivity index (χ0n) is 12.4. The Labute approximate surface area is 124 Å². The summed E-state index contributed by atoms with van der Waals surface area (Å²) >= 11 is 0. The minimum atomic E-state index is -4.01. The minimum absolute atomic E-state index is 0.214. The molecule has 0 heterocycles. The normalized spacial score (nSPS) is 11.3. The molecule has 0 unspecified atom stereocenters. The molecule has 1 rings (SSSR count). The quantitative estimate of drug-likeness (QED) is 0.556. The van der Waals surface area contributed by atoms with Crippen LogP contribution in [-0.2, 0) is 16.5 Å². The Morgan fingerprint density at radius 3 is 2.38 bits per heavy atom. The highest BCUT2D eigenvalue weighted by molar-refractivity contribution is 7.85. The lowest BCUT2D eigenvalue weighted by atomic mass is 10.1. The fraction of sp³-hybridized carbons (Fsp3) is 0.538. The molecule has 0 amide bonds. The van der Waals surface area contributed by atoms with Gasteiger partial charge in [0.1, 0.15) is 11.5 Å². The number of hydrogen-bond acceptors (Lipinski definition) is 6. The van der Waals surface area contributed by atoms with Gasteiger partial charge in [-0.1, -0.05) is 0 Å². The van der Waals surface area contributed by atoms with Crippen LogP contribution in [0.2, 0.25) is 0 Å². The zero-order valence-corrected chi connectivity index (χ0v) is 13.2. The Bertz CT molecular complexity index is 572. The van der Waals surface area contributed by atoms with E-state index in [4.69, 9.17) is 14.0 Å². The third kappa shape index (κ3) is 5.07. The van der Waals surface area contributed by atoms with Gasteiger partial charge >= 0.3 is 0 Å². The van der Waals surface area contributed by atoms with Crippen LogP contribution < -0.4 is 14.5 Å². The maximum absolute atomic E-state index is 10.8. The second kappa shape index (κ2) is 7.48. The molecule has 0 aliphatic heterocycles. The van der Waals surface area contributed by atoms with Crippen LogP contribution in [0.4, 0.5) is 5.69 Å². The summed E-state index contributed by atoms with van der Waals surface area (Å²) in [7, 11) is -1.02. The van der Waals surface area contributed by atoms with Gasteiger partial charge in [-0.05, 0) is 19.8 Å². The number of methoxy groups -OCH3 is 2. The molecule has 0 spiro atoms. The number of hydrogen-bond donors (Lipinski definition) is 2. The van der Waals surface area contributed by atoms with Gasteiger partial charge in [0.15, 0.2) is 0 Å². The van der Waals surface area contributed by atoms with Gasteiger partial charge in [0.2, 0.25) is 0 Å². The number of hydroxylamine groups is 1. The molecule has 8 heteroatoms. The predicted molar refractivity (Wildman–Crippen MR) is 79.1 cm³/mol. The lowest BCUT2D eigenvalue weighted by Crippen LogP contribution is -2.19. The Hall–Kier alpha value is -1.51. The van der Waals surface area contributed by atoms with Crippen molar-refractivity contribution in [2.75, 3.05) is 31.6 Å². The molecular formula is C13H21NO6S. The molecule has 1 aromatic carbocycles. The summed E-state index contributed by atoms with van der Waals surface area (Å²) in [5.74, 6) is 0.666. The highest BCUT2D eigenvalue weighted by Gasteiger charge is 2.17. The number of rotatable bonds is 8. The first-order valence-corrected chi connectivity index (χ1v) is 8.09. The molecule has 0 bridgehead atoms. The molecule has 0 aromatic heterocycles. The van der Waals surface area contributed by atoms with Gasteiger partial charge in [0, 0.05) is 24.2 Å². The van der Waals surface area contributed by atoms with E-state index >= 15 is 0 Å². The molecular weight excluding hydrogens is 298 g/mol. The lowest BCUT2D eigenvalue weighted by molar-refractivity contribution is 0.258. The van der Waals surface area contributed by atoms with Crippen LogP contribution in [0.1, 0.15) is 18.9 Å². The van der Waals surface area contributed by atoms with Crippen LogP contribution in [0.15, 0.2) is 12.1 Å². The molecule has 7 nitrogen and oxygen atoms in total. The first-order chi connectivity index (χ1) is 9.82. The van der Waals surface area contributed by atoms with Crippen LogP contribution in [0, 0.1) is 0 Å². The largest absolute Gasteiger partial charge is 0.497 e. The maximum atomic E-state index is 10.8. The second-order valence-electron chi connectivity index (χ2n) is 4.43. The molecule has 0 fully saturated rings.